The molecule has 1 aliphatic heterocycles. The lowest BCUT2D eigenvalue weighted by atomic mass is 10.0. The summed E-state index contributed by atoms with van der Waals surface area (Å²) in [5.41, 5.74) is 2.06. The molecule has 0 radical (unpaired) electrons. The number of para-hydroxylation sites is 2. The van der Waals surface area contributed by atoms with Crippen molar-refractivity contribution in [2.24, 2.45) is 0 Å². The Morgan fingerprint density at radius 3 is 2.89 bits per heavy atom. The molecular formula is C22H26N3O2S+. The number of carbonyl (C=O) groups excluding carboxylic acids is 1. The monoisotopic (exact) mass is 396 g/mol. The van der Waals surface area contributed by atoms with Crippen molar-refractivity contribution in [1.29, 1.82) is 0 Å². The highest BCUT2D eigenvalue weighted by atomic mass is 32.1. The van der Waals surface area contributed by atoms with Gasteiger partial charge in [-0.2, -0.15) is 0 Å². The first-order valence-corrected chi connectivity index (χ1v) is 10.6. The summed E-state index contributed by atoms with van der Waals surface area (Å²) in [6.45, 7) is 1.99. The van der Waals surface area contributed by atoms with E-state index in [1.807, 2.05) is 30.3 Å². The molecule has 146 valence electrons. The molecule has 1 amide bonds. The zero-order chi connectivity index (χ0) is 19.3. The zero-order valence-electron chi connectivity index (χ0n) is 16.1. The van der Waals surface area contributed by atoms with Gasteiger partial charge in [0.1, 0.15) is 11.8 Å². The number of thiazole rings is 1. The van der Waals surface area contributed by atoms with E-state index >= 15 is 0 Å². The van der Waals surface area contributed by atoms with Crippen molar-refractivity contribution in [3.63, 3.8) is 0 Å². The molecule has 1 aliphatic rings. The molecule has 0 aliphatic carbocycles. The van der Waals surface area contributed by atoms with E-state index in [4.69, 9.17) is 9.72 Å². The van der Waals surface area contributed by atoms with E-state index in [1.165, 1.54) is 16.0 Å². The maximum absolute atomic E-state index is 12.6. The number of hydrogen-bond acceptors (Lipinski definition) is 4. The Hall–Kier alpha value is -2.44. The number of amides is 1. The second-order valence-corrected chi connectivity index (χ2v) is 8.30. The first kappa shape index (κ1) is 18.9. The van der Waals surface area contributed by atoms with Gasteiger partial charge in [0.15, 0.2) is 11.6 Å². The van der Waals surface area contributed by atoms with Gasteiger partial charge in [-0.15, -0.1) is 11.3 Å². The molecule has 1 aromatic heterocycles. The summed E-state index contributed by atoms with van der Waals surface area (Å²) >= 11 is 1.77. The van der Waals surface area contributed by atoms with E-state index in [1.54, 1.807) is 18.4 Å². The normalized spacial score (nSPS) is 19.5. The predicted molar refractivity (Wildman–Crippen MR) is 112 cm³/mol. The fourth-order valence-electron chi connectivity index (χ4n) is 3.94. The van der Waals surface area contributed by atoms with Gasteiger partial charge < -0.3 is 15.0 Å². The summed E-state index contributed by atoms with van der Waals surface area (Å²) < 4.78 is 6.59. The van der Waals surface area contributed by atoms with Gasteiger partial charge in [0.25, 0.3) is 5.91 Å². The summed E-state index contributed by atoms with van der Waals surface area (Å²) in [6, 6.07) is 16.4. The maximum Gasteiger partial charge on any atom is 0.275 e. The predicted octanol–water partition coefficient (Wildman–Crippen LogP) is 2.73. The Bertz CT molecular complexity index is 923. The summed E-state index contributed by atoms with van der Waals surface area (Å²) in [5.74, 6) is 0.884. The minimum atomic E-state index is 0.0777. The molecule has 1 unspecified atom stereocenters. The number of fused-ring (bicyclic) bond motifs is 1. The van der Waals surface area contributed by atoms with Gasteiger partial charge in [0, 0.05) is 18.5 Å². The van der Waals surface area contributed by atoms with Gasteiger partial charge in [-0.25, -0.2) is 4.98 Å². The topological polar surface area (TPSA) is 55.7 Å². The van der Waals surface area contributed by atoms with Crippen LogP contribution in [0.1, 0.15) is 35.9 Å². The molecule has 2 heterocycles. The number of piperidine rings is 1. The summed E-state index contributed by atoms with van der Waals surface area (Å²) in [5, 5.41) is 4.22. The van der Waals surface area contributed by atoms with Crippen molar-refractivity contribution in [1.82, 2.24) is 10.3 Å². The summed E-state index contributed by atoms with van der Waals surface area (Å²) in [7, 11) is 1.65. The Labute approximate surface area is 169 Å². The van der Waals surface area contributed by atoms with E-state index in [0.717, 1.165) is 41.2 Å². The molecule has 0 spiro atoms. The molecule has 5 nitrogen and oxygen atoms in total. The van der Waals surface area contributed by atoms with Crippen molar-refractivity contribution in [3.8, 4) is 5.75 Å². The second kappa shape index (κ2) is 8.71. The molecule has 3 aromatic rings. The lowest BCUT2D eigenvalue weighted by Gasteiger charge is -2.30. The van der Waals surface area contributed by atoms with E-state index in [2.05, 4.69) is 23.5 Å². The number of nitrogens with zero attached hydrogens (tertiary/aromatic N) is 1. The van der Waals surface area contributed by atoms with Crippen molar-refractivity contribution in [2.75, 3.05) is 20.2 Å². The molecule has 1 fully saturated rings. The highest BCUT2D eigenvalue weighted by molar-refractivity contribution is 7.18. The maximum atomic E-state index is 12.6. The fourth-order valence-corrected chi connectivity index (χ4v) is 5.10. The van der Waals surface area contributed by atoms with Crippen LogP contribution in [0.2, 0.25) is 0 Å². The van der Waals surface area contributed by atoms with Crippen LogP contribution in [-0.4, -0.2) is 31.1 Å². The standard InChI is InChI=1S/C22H25N3O2S/c1-27-19-11-4-2-8-16(19)14-23-21(26)15-25-13-7-6-10-18(25)22-24-17-9-3-5-12-20(17)28-22/h2-5,8-9,11-12,18H,6-7,10,13-15H2,1H3,(H,23,26)/p+1/t18-/m1/s1. The number of likely N-dealkylation sites (tertiary alicyclic amines) is 1. The average molecular weight is 397 g/mol. The van der Waals surface area contributed by atoms with Gasteiger partial charge in [-0.3, -0.25) is 4.79 Å². The summed E-state index contributed by atoms with van der Waals surface area (Å²) in [6.07, 6.45) is 3.46. The first-order valence-electron chi connectivity index (χ1n) is 9.83. The minimum Gasteiger partial charge on any atom is -0.496 e. The van der Waals surface area contributed by atoms with Crippen LogP contribution in [0.3, 0.4) is 0 Å². The van der Waals surface area contributed by atoms with Crippen LogP contribution in [0, 0.1) is 0 Å². The third-order valence-corrected chi connectivity index (χ3v) is 6.55. The lowest BCUT2D eigenvalue weighted by Crippen LogP contribution is -3.14. The number of carbonyl (C=O) groups is 1. The third-order valence-electron chi connectivity index (χ3n) is 5.40. The Balaban J connectivity index is 1.42. The van der Waals surface area contributed by atoms with Gasteiger partial charge in [0.2, 0.25) is 0 Å². The van der Waals surface area contributed by atoms with Crippen LogP contribution >= 0.6 is 11.3 Å². The number of methoxy groups -OCH3 is 1. The van der Waals surface area contributed by atoms with Crippen molar-refractivity contribution in [2.45, 2.75) is 31.8 Å². The zero-order valence-corrected chi connectivity index (χ0v) is 16.9. The molecular weight excluding hydrogens is 370 g/mol. The minimum absolute atomic E-state index is 0.0777. The number of aromatic nitrogens is 1. The van der Waals surface area contributed by atoms with Gasteiger partial charge in [0.05, 0.1) is 23.9 Å². The quantitative estimate of drug-likeness (QED) is 0.674. The Kier molecular flexibility index (Phi) is 5.88. The van der Waals surface area contributed by atoms with Crippen LogP contribution < -0.4 is 15.0 Å². The third kappa shape index (κ3) is 4.18. The largest absolute Gasteiger partial charge is 0.496 e. The fraction of sp³-hybridized carbons (Fsp3) is 0.364. The number of rotatable bonds is 6. The molecule has 0 bridgehead atoms. The second-order valence-electron chi connectivity index (χ2n) is 7.24. The molecule has 2 atom stereocenters. The smallest absolute Gasteiger partial charge is 0.275 e. The highest BCUT2D eigenvalue weighted by Crippen LogP contribution is 2.28. The van der Waals surface area contributed by atoms with E-state index in [0.29, 0.717) is 19.1 Å². The van der Waals surface area contributed by atoms with Crippen LogP contribution in [0.25, 0.3) is 10.2 Å². The molecule has 0 saturated carbocycles. The van der Waals surface area contributed by atoms with Gasteiger partial charge in [-0.05, 0) is 31.0 Å². The number of ether oxygens (including phenoxy) is 1. The molecule has 2 aromatic carbocycles. The lowest BCUT2D eigenvalue weighted by molar-refractivity contribution is -0.929. The molecule has 2 N–H and O–H groups in total. The Morgan fingerprint density at radius 1 is 1.21 bits per heavy atom. The van der Waals surface area contributed by atoms with E-state index in [9.17, 15) is 4.79 Å². The van der Waals surface area contributed by atoms with E-state index in [-0.39, 0.29) is 5.91 Å². The average Bonchev–Trinajstić information content (AvgIpc) is 3.17. The summed E-state index contributed by atoms with van der Waals surface area (Å²) in [4.78, 5) is 18.8. The van der Waals surface area contributed by atoms with E-state index < -0.39 is 0 Å². The first-order chi connectivity index (χ1) is 13.7. The van der Waals surface area contributed by atoms with Crippen LogP contribution in [0.15, 0.2) is 48.5 Å². The highest BCUT2D eigenvalue weighted by Gasteiger charge is 2.31. The van der Waals surface area contributed by atoms with Gasteiger partial charge in [-0.1, -0.05) is 30.3 Å². The van der Waals surface area contributed by atoms with Crippen LogP contribution in [-0.2, 0) is 11.3 Å². The number of benzene rings is 2. The number of hydrogen-bond donors (Lipinski definition) is 2. The Morgan fingerprint density at radius 2 is 2.04 bits per heavy atom. The van der Waals surface area contributed by atoms with Crippen LogP contribution in [0.4, 0.5) is 0 Å². The number of nitrogens with one attached hydrogen (secondary N) is 2. The van der Waals surface area contributed by atoms with Gasteiger partial charge >= 0.3 is 0 Å². The molecule has 1 saturated heterocycles. The molecule has 28 heavy (non-hydrogen) atoms. The number of quaternary nitrogens is 1. The van der Waals surface area contributed by atoms with Crippen molar-refractivity contribution in [3.05, 3.63) is 59.1 Å². The van der Waals surface area contributed by atoms with Crippen LogP contribution in [0.5, 0.6) is 5.75 Å². The van der Waals surface area contributed by atoms with Crippen molar-refractivity contribution < 1.29 is 14.4 Å². The molecule has 4 rings (SSSR count). The van der Waals surface area contributed by atoms with Crippen molar-refractivity contribution >= 4 is 27.5 Å². The SMILES string of the molecule is COc1ccccc1CNC(=O)C[NH+]1CCCC[C@@H]1c1nc2ccccc2s1. The molecule has 6 heteroatoms.